The van der Waals surface area contributed by atoms with Gasteiger partial charge < -0.3 is 20.3 Å². The molecule has 5 nitrogen and oxygen atoms in total. The maximum Gasteiger partial charge on any atom is 0.191 e. The lowest BCUT2D eigenvalue weighted by atomic mass is 9.99. The van der Waals surface area contributed by atoms with E-state index in [0.29, 0.717) is 12.5 Å². The number of aliphatic imine (C=N–C) groups is 1. The first kappa shape index (κ1) is 20.0. The molecule has 1 aliphatic heterocycles. The Morgan fingerprint density at radius 1 is 1.40 bits per heavy atom. The average Bonchev–Trinajstić information content (AvgIpc) is 2.59. The summed E-state index contributed by atoms with van der Waals surface area (Å²) < 4.78 is 6.94. The summed E-state index contributed by atoms with van der Waals surface area (Å²) in [6, 6.07) is 7.91. The van der Waals surface area contributed by atoms with Crippen LogP contribution < -0.4 is 15.4 Å². The second-order valence-electron chi connectivity index (χ2n) is 6.73. The number of hydrogen-bond acceptors (Lipinski definition) is 3. The van der Waals surface area contributed by atoms with Gasteiger partial charge in [-0.25, -0.2) is 4.99 Å². The summed E-state index contributed by atoms with van der Waals surface area (Å²) in [5.41, 5.74) is 0. The maximum absolute atomic E-state index is 5.97. The first-order valence-corrected chi connectivity index (χ1v) is 9.99. The Hall–Kier alpha value is -1.27. The number of nitrogens with zero attached hydrogens (tertiary/aromatic N) is 2. The molecular weight excluding hydrogens is 380 g/mol. The van der Waals surface area contributed by atoms with Gasteiger partial charge in [0.2, 0.25) is 0 Å². The molecule has 2 rings (SSSR count). The summed E-state index contributed by atoms with van der Waals surface area (Å²) in [6.45, 7) is 8.95. The fourth-order valence-electron chi connectivity index (χ4n) is 3.04. The Labute approximate surface area is 160 Å². The molecule has 1 aliphatic rings. The molecule has 0 spiro atoms. The maximum atomic E-state index is 5.97. The van der Waals surface area contributed by atoms with Crippen LogP contribution in [0.4, 0.5) is 0 Å². The Kier molecular flexibility index (Phi) is 8.55. The lowest BCUT2D eigenvalue weighted by Crippen LogP contribution is -2.43. The van der Waals surface area contributed by atoms with Gasteiger partial charge in [0, 0.05) is 19.6 Å². The molecular formula is C19H31BrN4O. The highest BCUT2D eigenvalue weighted by atomic mass is 79.9. The summed E-state index contributed by atoms with van der Waals surface area (Å²) in [4.78, 5) is 7.09. The smallest absolute Gasteiger partial charge is 0.191 e. The number of ether oxygens (including phenoxy) is 1. The van der Waals surface area contributed by atoms with Crippen LogP contribution in [0.2, 0.25) is 0 Å². The van der Waals surface area contributed by atoms with Crippen molar-refractivity contribution in [2.75, 3.05) is 39.8 Å². The highest BCUT2D eigenvalue weighted by Gasteiger charge is 2.17. The largest absolute Gasteiger partial charge is 0.488 e. The van der Waals surface area contributed by atoms with Crippen LogP contribution in [0.15, 0.2) is 33.7 Å². The topological polar surface area (TPSA) is 48.9 Å². The molecule has 1 aromatic carbocycles. The molecule has 6 heteroatoms. The number of halogens is 1. The zero-order valence-electron chi connectivity index (χ0n) is 15.6. The zero-order valence-corrected chi connectivity index (χ0v) is 17.2. The van der Waals surface area contributed by atoms with E-state index in [1.54, 1.807) is 0 Å². The van der Waals surface area contributed by atoms with Crippen molar-refractivity contribution in [2.45, 2.75) is 32.8 Å². The lowest BCUT2D eigenvalue weighted by molar-refractivity contribution is 0.210. The molecule has 1 saturated heterocycles. The van der Waals surface area contributed by atoms with Crippen LogP contribution in [0.25, 0.3) is 0 Å². The van der Waals surface area contributed by atoms with E-state index in [1.807, 2.05) is 31.2 Å². The molecule has 0 aromatic heterocycles. The van der Waals surface area contributed by atoms with E-state index >= 15 is 0 Å². The summed E-state index contributed by atoms with van der Waals surface area (Å²) in [5, 5.41) is 6.81. The van der Waals surface area contributed by atoms with E-state index in [-0.39, 0.29) is 6.10 Å². The number of nitrogens with one attached hydrogen (secondary N) is 2. The van der Waals surface area contributed by atoms with Crippen LogP contribution in [-0.4, -0.2) is 56.7 Å². The molecule has 0 bridgehead atoms. The number of para-hydroxylation sites is 1. The number of piperidine rings is 1. The van der Waals surface area contributed by atoms with Gasteiger partial charge in [-0.15, -0.1) is 0 Å². The monoisotopic (exact) mass is 410 g/mol. The highest BCUT2D eigenvalue weighted by Crippen LogP contribution is 2.24. The fraction of sp³-hybridized carbons (Fsp3) is 0.632. The Bertz CT molecular complexity index is 552. The van der Waals surface area contributed by atoms with E-state index < -0.39 is 0 Å². The van der Waals surface area contributed by atoms with Crippen molar-refractivity contribution < 1.29 is 4.74 Å². The second-order valence-corrected chi connectivity index (χ2v) is 7.58. The minimum Gasteiger partial charge on any atom is -0.488 e. The third-order valence-electron chi connectivity index (χ3n) is 4.30. The molecule has 0 saturated carbocycles. The van der Waals surface area contributed by atoms with Gasteiger partial charge in [-0.2, -0.15) is 0 Å². The molecule has 2 N–H and O–H groups in total. The third kappa shape index (κ3) is 7.24. The third-order valence-corrected chi connectivity index (χ3v) is 4.95. The van der Waals surface area contributed by atoms with Crippen LogP contribution in [0.3, 0.4) is 0 Å². The molecule has 0 radical (unpaired) electrons. The molecule has 0 aliphatic carbocycles. The normalized spacial score (nSPS) is 20.2. The van der Waals surface area contributed by atoms with E-state index in [2.05, 4.69) is 50.4 Å². The SMILES string of the molecule is CCNC(=NCC(C)Oc1ccccc1Br)NCC1CCCN(C)C1. The van der Waals surface area contributed by atoms with Crippen LogP contribution in [-0.2, 0) is 0 Å². The van der Waals surface area contributed by atoms with Crippen LogP contribution in [0, 0.1) is 5.92 Å². The fourth-order valence-corrected chi connectivity index (χ4v) is 3.41. The van der Waals surface area contributed by atoms with Gasteiger partial charge in [0.05, 0.1) is 11.0 Å². The van der Waals surface area contributed by atoms with Crippen molar-refractivity contribution in [1.82, 2.24) is 15.5 Å². The van der Waals surface area contributed by atoms with Crippen molar-refractivity contribution in [3.63, 3.8) is 0 Å². The molecule has 140 valence electrons. The van der Waals surface area contributed by atoms with Crippen LogP contribution in [0.1, 0.15) is 26.7 Å². The predicted molar refractivity (Wildman–Crippen MR) is 108 cm³/mol. The number of rotatable bonds is 7. The van der Waals surface area contributed by atoms with Gasteiger partial charge in [0.25, 0.3) is 0 Å². The van der Waals surface area contributed by atoms with Gasteiger partial charge in [-0.1, -0.05) is 12.1 Å². The molecule has 2 atom stereocenters. The van der Waals surface area contributed by atoms with Gasteiger partial charge in [-0.05, 0) is 74.3 Å². The van der Waals surface area contributed by atoms with Crippen molar-refractivity contribution in [3.05, 3.63) is 28.7 Å². The van der Waals surface area contributed by atoms with Gasteiger partial charge in [0.15, 0.2) is 5.96 Å². The quantitative estimate of drug-likeness (QED) is 0.535. The zero-order chi connectivity index (χ0) is 18.1. The standard InChI is InChI=1S/C19H31BrN4O/c1-4-21-19(23-13-16-8-7-11-24(3)14-16)22-12-15(2)25-18-10-6-5-9-17(18)20/h5-6,9-10,15-16H,4,7-8,11-14H2,1-3H3,(H2,21,22,23). The number of likely N-dealkylation sites (tertiary alicyclic amines) is 1. The second kappa shape index (κ2) is 10.7. The predicted octanol–water partition coefficient (Wildman–Crippen LogP) is 3.11. The van der Waals surface area contributed by atoms with E-state index in [9.17, 15) is 0 Å². The minimum atomic E-state index is 0.00923. The average molecular weight is 411 g/mol. The van der Waals surface area contributed by atoms with E-state index in [4.69, 9.17) is 4.74 Å². The van der Waals surface area contributed by atoms with E-state index in [1.165, 1.54) is 19.4 Å². The van der Waals surface area contributed by atoms with Gasteiger partial charge in [-0.3, -0.25) is 0 Å². The van der Waals surface area contributed by atoms with Crippen molar-refractivity contribution >= 4 is 21.9 Å². The van der Waals surface area contributed by atoms with E-state index in [0.717, 1.165) is 35.8 Å². The minimum absolute atomic E-state index is 0.00923. The molecule has 25 heavy (non-hydrogen) atoms. The summed E-state index contributed by atoms with van der Waals surface area (Å²) in [5.74, 6) is 2.42. The van der Waals surface area contributed by atoms with Crippen LogP contribution >= 0.6 is 15.9 Å². The molecule has 2 unspecified atom stereocenters. The summed E-state index contributed by atoms with van der Waals surface area (Å²) in [7, 11) is 2.20. The molecule has 1 heterocycles. The molecule has 1 fully saturated rings. The molecule has 0 amide bonds. The van der Waals surface area contributed by atoms with Gasteiger partial charge in [0.1, 0.15) is 11.9 Å². The Morgan fingerprint density at radius 3 is 2.92 bits per heavy atom. The van der Waals surface area contributed by atoms with Crippen molar-refractivity contribution in [1.29, 1.82) is 0 Å². The Balaban J connectivity index is 1.82. The first-order chi connectivity index (χ1) is 12.1. The number of guanidine groups is 1. The molecule has 1 aromatic rings. The number of benzene rings is 1. The summed E-state index contributed by atoms with van der Waals surface area (Å²) in [6.07, 6.45) is 2.58. The Morgan fingerprint density at radius 2 is 2.20 bits per heavy atom. The highest BCUT2D eigenvalue weighted by molar-refractivity contribution is 9.10. The number of hydrogen-bond donors (Lipinski definition) is 2. The van der Waals surface area contributed by atoms with Crippen LogP contribution in [0.5, 0.6) is 5.75 Å². The van der Waals surface area contributed by atoms with Gasteiger partial charge >= 0.3 is 0 Å². The van der Waals surface area contributed by atoms with Crippen molar-refractivity contribution in [3.8, 4) is 5.75 Å². The van der Waals surface area contributed by atoms with Crippen molar-refractivity contribution in [2.24, 2.45) is 10.9 Å². The summed E-state index contributed by atoms with van der Waals surface area (Å²) >= 11 is 3.51. The first-order valence-electron chi connectivity index (χ1n) is 9.20. The lowest BCUT2D eigenvalue weighted by Gasteiger charge is -2.30.